The molecule has 0 saturated carbocycles. The van der Waals surface area contributed by atoms with Gasteiger partial charge in [-0.15, -0.1) is 0 Å². The van der Waals surface area contributed by atoms with Gasteiger partial charge in [-0.1, -0.05) is 152 Å². The van der Waals surface area contributed by atoms with Crippen molar-refractivity contribution in [3.05, 3.63) is 169 Å². The highest BCUT2D eigenvalue weighted by Gasteiger charge is 2.17. The lowest BCUT2D eigenvalue weighted by Crippen LogP contribution is -1.91. The highest BCUT2D eigenvalue weighted by Crippen LogP contribution is 2.44. The molecule has 0 aliphatic heterocycles. The minimum atomic E-state index is 0.671. The predicted octanol–water partition coefficient (Wildman–Crippen LogP) is 11.7. The monoisotopic (exact) mass is 557 g/mol. The van der Waals surface area contributed by atoms with Crippen LogP contribution < -0.4 is 0 Å². The van der Waals surface area contributed by atoms with Crippen LogP contribution in [0.3, 0.4) is 0 Å². The van der Waals surface area contributed by atoms with Crippen LogP contribution in [0.5, 0.6) is 0 Å². The van der Waals surface area contributed by atoms with Gasteiger partial charge < -0.3 is 0 Å². The molecule has 0 unspecified atom stereocenters. The Kier molecular flexibility index (Phi) is 6.25. The SMILES string of the molecule is N#Cc1cccc(-c2ccc(-c3c4ccccc4c(-c4ccc(-c5cccc6ccccc56)cc4)c4ccccc34)cc2)c1. The summed E-state index contributed by atoms with van der Waals surface area (Å²) >= 11 is 0. The predicted molar refractivity (Wildman–Crippen MR) is 185 cm³/mol. The lowest BCUT2D eigenvalue weighted by molar-refractivity contribution is 1.48. The standard InChI is InChI=1S/C43H27N/c44-28-29-9-7-12-35(27-29)30-19-23-33(24-20-30)42-38-14-3-5-16-40(38)43(41-17-6-4-15-39(41)42)34-25-21-32(22-26-34)37-18-8-11-31-10-1-2-13-36(31)37/h1-27H. The first-order chi connectivity index (χ1) is 21.8. The van der Waals surface area contributed by atoms with Crippen LogP contribution in [-0.2, 0) is 0 Å². The van der Waals surface area contributed by atoms with Crippen LogP contribution in [0.2, 0.25) is 0 Å². The first-order valence-electron chi connectivity index (χ1n) is 14.9. The maximum absolute atomic E-state index is 9.36. The van der Waals surface area contributed by atoms with Crippen molar-refractivity contribution < 1.29 is 0 Å². The molecule has 8 aromatic rings. The van der Waals surface area contributed by atoms with Crippen molar-refractivity contribution in [1.29, 1.82) is 5.26 Å². The van der Waals surface area contributed by atoms with Gasteiger partial charge in [0, 0.05) is 0 Å². The van der Waals surface area contributed by atoms with Crippen molar-refractivity contribution >= 4 is 32.3 Å². The topological polar surface area (TPSA) is 23.8 Å². The van der Waals surface area contributed by atoms with Crippen molar-refractivity contribution in [2.45, 2.75) is 0 Å². The van der Waals surface area contributed by atoms with E-state index in [2.05, 4.69) is 152 Å². The molecule has 0 atom stereocenters. The van der Waals surface area contributed by atoms with Crippen LogP contribution in [0.4, 0.5) is 0 Å². The normalized spacial score (nSPS) is 11.2. The minimum Gasteiger partial charge on any atom is -0.192 e. The molecule has 0 saturated heterocycles. The third kappa shape index (κ3) is 4.33. The summed E-state index contributed by atoms with van der Waals surface area (Å²) in [5, 5.41) is 16.8. The second-order valence-electron chi connectivity index (χ2n) is 11.2. The van der Waals surface area contributed by atoms with Gasteiger partial charge in [-0.2, -0.15) is 5.26 Å². The average molecular weight is 558 g/mol. The third-order valence-electron chi connectivity index (χ3n) is 8.70. The summed E-state index contributed by atoms with van der Waals surface area (Å²) in [5.74, 6) is 0. The van der Waals surface area contributed by atoms with Crippen LogP contribution in [0.25, 0.3) is 76.8 Å². The van der Waals surface area contributed by atoms with Gasteiger partial charge in [-0.25, -0.2) is 0 Å². The Balaban J connectivity index is 1.28. The maximum Gasteiger partial charge on any atom is 0.0991 e. The van der Waals surface area contributed by atoms with Gasteiger partial charge in [0.1, 0.15) is 0 Å². The smallest absolute Gasteiger partial charge is 0.0991 e. The number of hydrogen-bond acceptors (Lipinski definition) is 1. The van der Waals surface area contributed by atoms with Crippen molar-refractivity contribution in [3.63, 3.8) is 0 Å². The summed E-state index contributed by atoms with van der Waals surface area (Å²) < 4.78 is 0. The second-order valence-corrected chi connectivity index (χ2v) is 11.2. The number of benzene rings is 8. The van der Waals surface area contributed by atoms with E-state index in [1.54, 1.807) is 0 Å². The van der Waals surface area contributed by atoms with E-state index in [0.29, 0.717) is 5.56 Å². The van der Waals surface area contributed by atoms with Crippen molar-refractivity contribution in [2.24, 2.45) is 0 Å². The molecule has 0 N–H and O–H groups in total. The molecule has 0 amide bonds. The Morgan fingerprint density at radius 3 is 1.36 bits per heavy atom. The molecule has 0 aliphatic carbocycles. The third-order valence-corrected chi connectivity index (χ3v) is 8.70. The average Bonchev–Trinajstić information content (AvgIpc) is 3.10. The van der Waals surface area contributed by atoms with E-state index >= 15 is 0 Å². The second kappa shape index (κ2) is 10.7. The Morgan fingerprint density at radius 2 is 0.795 bits per heavy atom. The van der Waals surface area contributed by atoms with Gasteiger partial charge in [-0.3, -0.25) is 0 Å². The van der Waals surface area contributed by atoms with Crippen LogP contribution >= 0.6 is 0 Å². The van der Waals surface area contributed by atoms with Gasteiger partial charge in [0.2, 0.25) is 0 Å². The van der Waals surface area contributed by atoms with Gasteiger partial charge in [0.15, 0.2) is 0 Å². The molecule has 0 aromatic heterocycles. The quantitative estimate of drug-likeness (QED) is 0.197. The molecule has 8 aromatic carbocycles. The van der Waals surface area contributed by atoms with Crippen LogP contribution in [0.15, 0.2) is 164 Å². The van der Waals surface area contributed by atoms with E-state index in [1.165, 1.54) is 65.7 Å². The number of hydrogen-bond donors (Lipinski definition) is 0. The Morgan fingerprint density at radius 1 is 0.341 bits per heavy atom. The first kappa shape index (κ1) is 25.7. The fourth-order valence-corrected chi connectivity index (χ4v) is 6.64. The molecule has 0 bridgehead atoms. The largest absolute Gasteiger partial charge is 0.192 e. The number of nitriles is 1. The molecule has 0 heterocycles. The van der Waals surface area contributed by atoms with Crippen molar-refractivity contribution in [2.75, 3.05) is 0 Å². The molecule has 1 heteroatoms. The first-order valence-corrected chi connectivity index (χ1v) is 14.9. The molecule has 0 spiro atoms. The van der Waals surface area contributed by atoms with E-state index in [1.807, 2.05) is 18.2 Å². The fourth-order valence-electron chi connectivity index (χ4n) is 6.64. The lowest BCUT2D eigenvalue weighted by atomic mass is 9.85. The van der Waals surface area contributed by atoms with Crippen LogP contribution in [0, 0.1) is 11.3 Å². The summed E-state index contributed by atoms with van der Waals surface area (Å²) in [5.41, 5.74) is 10.2. The Labute approximate surface area is 256 Å². The van der Waals surface area contributed by atoms with Gasteiger partial charge >= 0.3 is 0 Å². The molecule has 44 heavy (non-hydrogen) atoms. The summed E-state index contributed by atoms with van der Waals surface area (Å²) in [6, 6.07) is 60.5. The molecule has 1 nitrogen and oxygen atoms in total. The lowest BCUT2D eigenvalue weighted by Gasteiger charge is -2.18. The van der Waals surface area contributed by atoms with E-state index in [0.717, 1.165) is 11.1 Å². The van der Waals surface area contributed by atoms with Crippen molar-refractivity contribution in [3.8, 4) is 50.6 Å². The van der Waals surface area contributed by atoms with Gasteiger partial charge in [0.25, 0.3) is 0 Å². The van der Waals surface area contributed by atoms with E-state index in [4.69, 9.17) is 0 Å². The van der Waals surface area contributed by atoms with Crippen molar-refractivity contribution in [1.82, 2.24) is 0 Å². The zero-order chi connectivity index (χ0) is 29.5. The zero-order valence-corrected chi connectivity index (χ0v) is 24.0. The molecule has 204 valence electrons. The highest BCUT2D eigenvalue weighted by molar-refractivity contribution is 6.21. The van der Waals surface area contributed by atoms with E-state index in [-0.39, 0.29) is 0 Å². The van der Waals surface area contributed by atoms with E-state index in [9.17, 15) is 5.26 Å². The maximum atomic E-state index is 9.36. The minimum absolute atomic E-state index is 0.671. The van der Waals surface area contributed by atoms with E-state index < -0.39 is 0 Å². The molecular formula is C43H27N. The summed E-state index contributed by atoms with van der Waals surface area (Å²) in [6.07, 6.45) is 0. The Bertz CT molecular complexity index is 2310. The number of nitrogens with zero attached hydrogens (tertiary/aromatic N) is 1. The Hall–Kier alpha value is -5.97. The number of rotatable bonds is 4. The summed E-state index contributed by atoms with van der Waals surface area (Å²) in [7, 11) is 0. The molecule has 0 fully saturated rings. The summed E-state index contributed by atoms with van der Waals surface area (Å²) in [4.78, 5) is 0. The fraction of sp³-hybridized carbons (Fsp3) is 0. The number of fused-ring (bicyclic) bond motifs is 3. The van der Waals surface area contributed by atoms with Crippen LogP contribution in [-0.4, -0.2) is 0 Å². The van der Waals surface area contributed by atoms with Gasteiger partial charge in [-0.05, 0) is 89.0 Å². The molecule has 0 radical (unpaired) electrons. The van der Waals surface area contributed by atoms with Crippen LogP contribution in [0.1, 0.15) is 5.56 Å². The van der Waals surface area contributed by atoms with Gasteiger partial charge in [0.05, 0.1) is 11.6 Å². The molecule has 8 rings (SSSR count). The molecule has 0 aliphatic rings. The summed E-state index contributed by atoms with van der Waals surface area (Å²) in [6.45, 7) is 0. The highest BCUT2D eigenvalue weighted by atomic mass is 14.2. The molecular weight excluding hydrogens is 530 g/mol. The zero-order valence-electron chi connectivity index (χ0n) is 24.0.